The van der Waals surface area contributed by atoms with E-state index in [0.717, 1.165) is 31.5 Å². The van der Waals surface area contributed by atoms with Crippen LogP contribution in [0.15, 0.2) is 30.3 Å². The predicted octanol–water partition coefficient (Wildman–Crippen LogP) is 3.07. The molecule has 4 heteroatoms. The minimum Gasteiger partial charge on any atom is -0.342 e. The molecular weight excluding hydrogens is 288 g/mol. The van der Waals surface area contributed by atoms with Crippen molar-refractivity contribution >= 4 is 11.8 Å². The van der Waals surface area contributed by atoms with Crippen LogP contribution in [0.2, 0.25) is 0 Å². The van der Waals surface area contributed by atoms with Crippen LogP contribution in [0.1, 0.15) is 45.6 Å². The van der Waals surface area contributed by atoms with Crippen LogP contribution in [-0.4, -0.2) is 40.7 Å². The number of hydrogen-bond donors (Lipinski definition) is 0. The molecule has 23 heavy (non-hydrogen) atoms. The van der Waals surface area contributed by atoms with Crippen molar-refractivity contribution in [3.63, 3.8) is 0 Å². The number of hydrogen-bond acceptors (Lipinski definition) is 2. The first-order valence-electron chi connectivity index (χ1n) is 8.58. The molecule has 1 saturated heterocycles. The zero-order chi connectivity index (χ0) is 16.8. The number of carbonyl (C=O) groups excluding carboxylic acids is 2. The number of piperidine rings is 1. The van der Waals surface area contributed by atoms with Crippen molar-refractivity contribution in [3.05, 3.63) is 35.9 Å². The fraction of sp³-hybridized carbons (Fsp3) is 0.579. The van der Waals surface area contributed by atoms with E-state index in [1.165, 1.54) is 0 Å². The van der Waals surface area contributed by atoms with Gasteiger partial charge in [0.1, 0.15) is 6.42 Å². The van der Waals surface area contributed by atoms with Gasteiger partial charge in [0.15, 0.2) is 0 Å². The molecule has 1 aromatic rings. The maximum absolute atomic E-state index is 12.6. The first kappa shape index (κ1) is 17.5. The molecule has 0 radical (unpaired) electrons. The molecule has 0 saturated carbocycles. The fourth-order valence-electron chi connectivity index (χ4n) is 2.94. The summed E-state index contributed by atoms with van der Waals surface area (Å²) in [6, 6.07) is 10.0. The van der Waals surface area contributed by atoms with Crippen molar-refractivity contribution in [3.8, 4) is 0 Å². The second kappa shape index (κ2) is 8.14. The summed E-state index contributed by atoms with van der Waals surface area (Å²) in [4.78, 5) is 28.6. The molecule has 0 spiro atoms. The Bertz CT molecular complexity index is 519. The van der Waals surface area contributed by atoms with Gasteiger partial charge in [0.2, 0.25) is 11.8 Å². The maximum atomic E-state index is 12.6. The lowest BCUT2D eigenvalue weighted by molar-refractivity contribution is -0.142. The maximum Gasteiger partial charge on any atom is 0.232 e. The second-order valence-electron chi connectivity index (χ2n) is 6.84. The van der Waals surface area contributed by atoms with E-state index in [1.807, 2.05) is 49.1 Å². The monoisotopic (exact) mass is 316 g/mol. The Labute approximate surface area is 139 Å². The summed E-state index contributed by atoms with van der Waals surface area (Å²) in [5.74, 6) is 0.577. The summed E-state index contributed by atoms with van der Waals surface area (Å²) in [5, 5.41) is 0. The van der Waals surface area contributed by atoms with Crippen LogP contribution in [0.25, 0.3) is 0 Å². The van der Waals surface area contributed by atoms with Gasteiger partial charge in [-0.15, -0.1) is 0 Å². The van der Waals surface area contributed by atoms with E-state index in [-0.39, 0.29) is 24.3 Å². The van der Waals surface area contributed by atoms with Gasteiger partial charge in [-0.3, -0.25) is 9.59 Å². The van der Waals surface area contributed by atoms with Crippen molar-refractivity contribution in [2.24, 2.45) is 5.92 Å². The van der Waals surface area contributed by atoms with Gasteiger partial charge in [-0.25, -0.2) is 0 Å². The minimum absolute atomic E-state index is 0.0145. The summed E-state index contributed by atoms with van der Waals surface area (Å²) in [6.45, 7) is 8.33. The largest absolute Gasteiger partial charge is 0.342 e. The number of benzene rings is 1. The van der Waals surface area contributed by atoms with Gasteiger partial charge in [-0.05, 0) is 38.2 Å². The lowest BCUT2D eigenvalue weighted by Crippen LogP contribution is -2.43. The molecule has 1 aromatic carbocycles. The van der Waals surface area contributed by atoms with Crippen LogP contribution < -0.4 is 0 Å². The van der Waals surface area contributed by atoms with Gasteiger partial charge < -0.3 is 9.80 Å². The van der Waals surface area contributed by atoms with Crippen molar-refractivity contribution < 1.29 is 9.59 Å². The highest BCUT2D eigenvalue weighted by atomic mass is 16.2. The van der Waals surface area contributed by atoms with E-state index >= 15 is 0 Å². The van der Waals surface area contributed by atoms with Gasteiger partial charge >= 0.3 is 0 Å². The normalized spacial score (nSPS) is 15.7. The first-order chi connectivity index (χ1) is 11.0. The summed E-state index contributed by atoms with van der Waals surface area (Å²) in [5.41, 5.74) is 1.09. The van der Waals surface area contributed by atoms with Crippen molar-refractivity contribution in [2.75, 3.05) is 13.1 Å². The Hall–Kier alpha value is -1.84. The molecule has 0 N–H and O–H groups in total. The molecule has 4 nitrogen and oxygen atoms in total. The van der Waals surface area contributed by atoms with Crippen molar-refractivity contribution in [2.45, 2.75) is 52.6 Å². The summed E-state index contributed by atoms with van der Waals surface area (Å²) in [6.07, 6.45) is 2.06. The number of nitrogens with zero attached hydrogens (tertiary/aromatic N) is 2. The Kier molecular flexibility index (Phi) is 6.20. The summed E-state index contributed by atoms with van der Waals surface area (Å²) in [7, 11) is 0. The average molecular weight is 316 g/mol. The average Bonchev–Trinajstić information content (AvgIpc) is 2.53. The molecule has 0 aliphatic carbocycles. The standard InChI is InChI=1S/C19H28N2O2/c1-15(2)21(14-17-7-5-4-6-8-17)19(23)13-18(22)20-11-9-16(3)10-12-20/h4-8,15-16H,9-14H2,1-3H3. The van der Waals surface area contributed by atoms with Crippen molar-refractivity contribution in [1.82, 2.24) is 9.80 Å². The molecule has 1 heterocycles. The van der Waals surface area contributed by atoms with Crippen LogP contribution in [0.5, 0.6) is 0 Å². The van der Waals surface area contributed by atoms with Gasteiger partial charge in [-0.2, -0.15) is 0 Å². The molecule has 0 aromatic heterocycles. The van der Waals surface area contributed by atoms with Crippen LogP contribution in [-0.2, 0) is 16.1 Å². The highest BCUT2D eigenvalue weighted by molar-refractivity contribution is 5.97. The number of amides is 2. The van der Waals surface area contributed by atoms with Gasteiger partial charge in [0, 0.05) is 25.7 Å². The highest BCUT2D eigenvalue weighted by Gasteiger charge is 2.25. The Morgan fingerprint density at radius 1 is 1.17 bits per heavy atom. The topological polar surface area (TPSA) is 40.6 Å². The predicted molar refractivity (Wildman–Crippen MR) is 91.7 cm³/mol. The number of carbonyl (C=O) groups is 2. The molecule has 0 unspecified atom stereocenters. The molecule has 0 bridgehead atoms. The first-order valence-corrected chi connectivity index (χ1v) is 8.58. The van der Waals surface area contributed by atoms with Crippen molar-refractivity contribution in [1.29, 1.82) is 0 Å². The molecule has 1 fully saturated rings. The van der Waals surface area contributed by atoms with E-state index in [0.29, 0.717) is 12.5 Å². The molecule has 126 valence electrons. The molecule has 1 aliphatic rings. The van der Waals surface area contributed by atoms with Crippen LogP contribution in [0.4, 0.5) is 0 Å². The van der Waals surface area contributed by atoms with E-state index < -0.39 is 0 Å². The number of likely N-dealkylation sites (tertiary alicyclic amines) is 1. The Morgan fingerprint density at radius 2 is 1.78 bits per heavy atom. The number of rotatable bonds is 5. The molecule has 1 aliphatic heterocycles. The lowest BCUT2D eigenvalue weighted by atomic mass is 9.99. The zero-order valence-corrected chi connectivity index (χ0v) is 14.5. The third-order valence-electron chi connectivity index (χ3n) is 4.58. The SMILES string of the molecule is CC1CCN(C(=O)CC(=O)N(Cc2ccccc2)C(C)C)CC1. The third kappa shape index (κ3) is 5.08. The van der Waals surface area contributed by atoms with E-state index in [4.69, 9.17) is 0 Å². The van der Waals surface area contributed by atoms with Gasteiger partial charge in [-0.1, -0.05) is 37.3 Å². The van der Waals surface area contributed by atoms with E-state index in [2.05, 4.69) is 6.92 Å². The third-order valence-corrected chi connectivity index (χ3v) is 4.58. The smallest absolute Gasteiger partial charge is 0.232 e. The zero-order valence-electron chi connectivity index (χ0n) is 14.5. The Balaban J connectivity index is 1.94. The van der Waals surface area contributed by atoms with Crippen LogP contribution in [0, 0.1) is 5.92 Å². The van der Waals surface area contributed by atoms with Gasteiger partial charge in [0.25, 0.3) is 0 Å². The highest BCUT2D eigenvalue weighted by Crippen LogP contribution is 2.17. The Morgan fingerprint density at radius 3 is 2.35 bits per heavy atom. The van der Waals surface area contributed by atoms with Crippen LogP contribution in [0.3, 0.4) is 0 Å². The van der Waals surface area contributed by atoms with Gasteiger partial charge in [0.05, 0.1) is 0 Å². The molecular formula is C19H28N2O2. The van der Waals surface area contributed by atoms with E-state index in [1.54, 1.807) is 4.90 Å². The quantitative estimate of drug-likeness (QED) is 0.783. The molecule has 2 rings (SSSR count). The minimum atomic E-state index is -0.0764. The van der Waals surface area contributed by atoms with E-state index in [9.17, 15) is 9.59 Å². The fourth-order valence-corrected chi connectivity index (χ4v) is 2.94. The molecule has 2 amide bonds. The molecule has 0 atom stereocenters. The summed E-state index contributed by atoms with van der Waals surface area (Å²) >= 11 is 0. The second-order valence-corrected chi connectivity index (χ2v) is 6.84. The van der Waals surface area contributed by atoms with Crippen LogP contribution >= 0.6 is 0 Å². The summed E-state index contributed by atoms with van der Waals surface area (Å²) < 4.78 is 0. The lowest BCUT2D eigenvalue weighted by Gasteiger charge is -2.32.